The van der Waals surface area contributed by atoms with Crippen LogP contribution >= 0.6 is 11.3 Å². The van der Waals surface area contributed by atoms with E-state index < -0.39 is 11.9 Å². The van der Waals surface area contributed by atoms with E-state index in [-0.39, 0.29) is 29.3 Å². The maximum Gasteiger partial charge on any atom is 0.363 e. The molecular formula is C26H23N3O6S. The van der Waals surface area contributed by atoms with Gasteiger partial charge in [0.1, 0.15) is 4.88 Å². The van der Waals surface area contributed by atoms with Crippen LogP contribution < -0.4 is 20.1 Å². The van der Waals surface area contributed by atoms with Gasteiger partial charge >= 0.3 is 11.9 Å². The van der Waals surface area contributed by atoms with Gasteiger partial charge in [0, 0.05) is 11.3 Å². The molecule has 0 bridgehead atoms. The van der Waals surface area contributed by atoms with E-state index in [4.69, 9.17) is 14.2 Å². The van der Waals surface area contributed by atoms with Gasteiger partial charge in [-0.05, 0) is 73.5 Å². The van der Waals surface area contributed by atoms with Crippen LogP contribution in [-0.4, -0.2) is 43.9 Å². The van der Waals surface area contributed by atoms with Crippen molar-refractivity contribution in [3.8, 4) is 11.5 Å². The largest absolute Gasteiger partial charge is 0.493 e. The molecule has 10 heteroatoms. The molecule has 184 valence electrons. The van der Waals surface area contributed by atoms with Gasteiger partial charge in [-0.1, -0.05) is 12.1 Å². The van der Waals surface area contributed by atoms with Crippen LogP contribution in [0.3, 0.4) is 0 Å². The van der Waals surface area contributed by atoms with Gasteiger partial charge < -0.3 is 24.8 Å². The number of hydrogen-bond acceptors (Lipinski definition) is 9. The molecule has 3 aromatic rings. The van der Waals surface area contributed by atoms with Crippen LogP contribution in [0.5, 0.6) is 11.5 Å². The summed E-state index contributed by atoms with van der Waals surface area (Å²) < 4.78 is 16.1. The molecule has 4 rings (SSSR count). The molecule has 0 radical (unpaired) electrons. The van der Waals surface area contributed by atoms with Crippen LogP contribution in [0.1, 0.15) is 27.7 Å². The quantitative estimate of drug-likeness (QED) is 0.271. The topological polar surface area (TPSA) is 115 Å². The van der Waals surface area contributed by atoms with Gasteiger partial charge in [0.25, 0.3) is 0 Å². The number of benzene rings is 2. The maximum absolute atomic E-state index is 12.4. The molecule has 2 heterocycles. The Hall–Kier alpha value is -4.28. The number of nitrogens with zero attached hydrogens (tertiary/aromatic N) is 1. The molecule has 1 aliphatic rings. The first kappa shape index (κ1) is 24.8. The Morgan fingerprint density at radius 3 is 2.56 bits per heavy atom. The molecule has 1 atom stereocenters. The number of esters is 2. The Balaban J connectivity index is 1.49. The Kier molecular flexibility index (Phi) is 7.57. The van der Waals surface area contributed by atoms with E-state index in [1.54, 1.807) is 80.0 Å². The Bertz CT molecular complexity index is 1350. The van der Waals surface area contributed by atoms with E-state index >= 15 is 0 Å². The van der Waals surface area contributed by atoms with Crippen LogP contribution in [-0.2, 0) is 14.3 Å². The number of aliphatic imine (C=N–C) groups is 1. The van der Waals surface area contributed by atoms with Crippen molar-refractivity contribution in [3.05, 3.63) is 81.7 Å². The number of hydrogen-bond donors (Lipinski definition) is 2. The molecule has 9 nitrogen and oxygen atoms in total. The summed E-state index contributed by atoms with van der Waals surface area (Å²) in [7, 11) is 3.16. The maximum atomic E-state index is 12.4. The summed E-state index contributed by atoms with van der Waals surface area (Å²) in [5, 5.41) is 7.45. The van der Waals surface area contributed by atoms with E-state index in [1.807, 2.05) is 0 Å². The van der Waals surface area contributed by atoms with Crippen LogP contribution in [0.15, 0.2) is 70.7 Å². The van der Waals surface area contributed by atoms with Crippen LogP contribution in [0, 0.1) is 0 Å². The first-order chi connectivity index (χ1) is 17.4. The molecule has 1 aliphatic heterocycles. The second-order valence-electron chi connectivity index (χ2n) is 7.69. The van der Waals surface area contributed by atoms with E-state index in [2.05, 4.69) is 15.6 Å². The van der Waals surface area contributed by atoms with Crippen molar-refractivity contribution in [2.24, 2.45) is 4.99 Å². The van der Waals surface area contributed by atoms with Crippen molar-refractivity contribution >= 4 is 46.8 Å². The van der Waals surface area contributed by atoms with Crippen molar-refractivity contribution in [3.63, 3.8) is 0 Å². The lowest BCUT2D eigenvalue weighted by Gasteiger charge is -2.11. The number of rotatable bonds is 8. The molecule has 36 heavy (non-hydrogen) atoms. The number of ether oxygens (including phenoxy) is 3. The van der Waals surface area contributed by atoms with Crippen molar-refractivity contribution in [1.29, 1.82) is 0 Å². The minimum atomic E-state index is -0.600. The van der Waals surface area contributed by atoms with Gasteiger partial charge in [0.15, 0.2) is 17.2 Å². The molecule has 0 fully saturated rings. The summed E-state index contributed by atoms with van der Waals surface area (Å²) >= 11 is 1.28. The van der Waals surface area contributed by atoms with E-state index in [9.17, 15) is 14.4 Å². The van der Waals surface area contributed by atoms with Gasteiger partial charge in [-0.15, -0.1) is 11.3 Å². The Labute approximate surface area is 211 Å². The molecule has 2 aromatic carbocycles. The Morgan fingerprint density at radius 1 is 1.11 bits per heavy atom. The average Bonchev–Trinajstić information content (AvgIpc) is 3.55. The van der Waals surface area contributed by atoms with Crippen LogP contribution in [0.2, 0.25) is 0 Å². The van der Waals surface area contributed by atoms with E-state index in [1.165, 1.54) is 18.4 Å². The number of thiophene rings is 1. The van der Waals surface area contributed by atoms with Crippen molar-refractivity contribution in [1.82, 2.24) is 5.32 Å². The summed E-state index contributed by atoms with van der Waals surface area (Å²) in [6, 6.07) is 14.8. The summed E-state index contributed by atoms with van der Waals surface area (Å²) in [5.41, 5.74) is 1.91. The molecule has 0 saturated carbocycles. The van der Waals surface area contributed by atoms with Gasteiger partial charge in [0.2, 0.25) is 11.8 Å². The third kappa shape index (κ3) is 5.68. The fraction of sp³-hybridized carbons (Fsp3) is 0.154. The lowest BCUT2D eigenvalue weighted by atomic mass is 10.1. The average molecular weight is 506 g/mol. The minimum Gasteiger partial charge on any atom is -0.493 e. The van der Waals surface area contributed by atoms with Crippen LogP contribution in [0.25, 0.3) is 6.08 Å². The molecule has 0 aliphatic carbocycles. The SMILES string of the molecule is CN[C@@H](C)C(=O)Nc1ccc(C2=N/C(=C/c3ccc(OC(=O)c4cccs4)c(OC)c3)C(=O)O2)cc1. The summed E-state index contributed by atoms with van der Waals surface area (Å²) in [6.45, 7) is 1.76. The third-order valence-corrected chi connectivity index (χ3v) is 6.11. The molecule has 1 amide bonds. The number of methoxy groups -OCH3 is 1. The molecule has 0 spiro atoms. The van der Waals surface area contributed by atoms with E-state index in [0.717, 1.165) is 0 Å². The molecule has 0 unspecified atom stereocenters. The molecule has 2 N–H and O–H groups in total. The van der Waals surface area contributed by atoms with Gasteiger partial charge in [-0.2, -0.15) is 0 Å². The summed E-state index contributed by atoms with van der Waals surface area (Å²) in [4.78, 5) is 41.5. The predicted molar refractivity (Wildman–Crippen MR) is 136 cm³/mol. The fourth-order valence-electron chi connectivity index (χ4n) is 3.17. The smallest absolute Gasteiger partial charge is 0.363 e. The zero-order valence-corrected chi connectivity index (χ0v) is 20.5. The normalized spacial score (nSPS) is 14.7. The number of carbonyl (C=O) groups excluding carboxylic acids is 3. The highest BCUT2D eigenvalue weighted by molar-refractivity contribution is 7.12. The standard InChI is InChI=1S/C26H23N3O6S/c1-15(27-2)23(30)28-18-9-7-17(8-10-18)24-29-19(25(31)35-24)13-16-6-11-20(21(14-16)33-3)34-26(32)22-5-4-12-36-22/h4-15,27H,1-3H3,(H,28,30)/b19-13+/t15-/m0/s1. The first-order valence-electron chi connectivity index (χ1n) is 10.9. The van der Waals surface area contributed by atoms with Gasteiger partial charge in [-0.3, -0.25) is 4.79 Å². The number of cyclic esters (lactones) is 1. The number of carbonyl (C=O) groups is 3. The van der Waals surface area contributed by atoms with Gasteiger partial charge in [-0.25, -0.2) is 14.6 Å². The second-order valence-corrected chi connectivity index (χ2v) is 8.64. The number of anilines is 1. The van der Waals surface area contributed by atoms with Crippen molar-refractivity contribution in [2.75, 3.05) is 19.5 Å². The summed E-state index contributed by atoms with van der Waals surface area (Å²) in [5.74, 6) is -0.505. The van der Waals surface area contributed by atoms with Crippen molar-refractivity contribution < 1.29 is 28.6 Å². The number of amides is 1. The highest BCUT2D eigenvalue weighted by atomic mass is 32.1. The zero-order chi connectivity index (χ0) is 25.7. The number of likely N-dealkylation sites (N-methyl/N-ethyl adjacent to an activating group) is 1. The lowest BCUT2D eigenvalue weighted by Crippen LogP contribution is -2.35. The first-order valence-corrected chi connectivity index (χ1v) is 11.8. The highest BCUT2D eigenvalue weighted by Crippen LogP contribution is 2.31. The minimum absolute atomic E-state index is 0.107. The third-order valence-electron chi connectivity index (χ3n) is 5.26. The predicted octanol–water partition coefficient (Wildman–Crippen LogP) is 3.87. The zero-order valence-electron chi connectivity index (χ0n) is 19.7. The monoisotopic (exact) mass is 505 g/mol. The molecule has 1 aromatic heterocycles. The Morgan fingerprint density at radius 2 is 1.89 bits per heavy atom. The number of nitrogens with one attached hydrogen (secondary N) is 2. The molecule has 0 saturated heterocycles. The van der Waals surface area contributed by atoms with E-state index in [0.29, 0.717) is 27.4 Å². The van der Waals surface area contributed by atoms with Gasteiger partial charge in [0.05, 0.1) is 13.2 Å². The summed E-state index contributed by atoms with van der Waals surface area (Å²) in [6.07, 6.45) is 1.55. The second kappa shape index (κ2) is 11.0. The van der Waals surface area contributed by atoms with Crippen molar-refractivity contribution in [2.45, 2.75) is 13.0 Å². The van der Waals surface area contributed by atoms with Crippen LogP contribution in [0.4, 0.5) is 5.69 Å². The fourth-order valence-corrected chi connectivity index (χ4v) is 3.77. The molecular weight excluding hydrogens is 482 g/mol. The lowest BCUT2D eigenvalue weighted by molar-refractivity contribution is -0.130. The highest BCUT2D eigenvalue weighted by Gasteiger charge is 2.24.